The highest BCUT2D eigenvalue weighted by Crippen LogP contribution is 2.26. The maximum absolute atomic E-state index is 12.7. The maximum atomic E-state index is 12.7. The number of rotatable bonds is 5. The number of amides is 1. The first-order valence-corrected chi connectivity index (χ1v) is 10.2. The third-order valence-corrected chi connectivity index (χ3v) is 5.96. The van der Waals surface area contributed by atoms with Crippen LogP contribution < -0.4 is 5.32 Å². The van der Waals surface area contributed by atoms with Gasteiger partial charge in [-0.25, -0.2) is 0 Å². The minimum Gasteiger partial charge on any atom is -0.321 e. The Hall–Kier alpha value is -1.83. The van der Waals surface area contributed by atoms with Crippen LogP contribution in [0.4, 0.5) is 5.69 Å². The molecule has 0 saturated carbocycles. The van der Waals surface area contributed by atoms with Gasteiger partial charge in [0.25, 0.3) is 0 Å². The molecule has 0 saturated heterocycles. The van der Waals surface area contributed by atoms with E-state index in [-0.39, 0.29) is 5.91 Å². The fraction of sp³-hybridized carbons (Fsp3) is 0.316. The van der Waals surface area contributed by atoms with Crippen molar-refractivity contribution in [1.29, 1.82) is 0 Å². The first-order chi connectivity index (χ1) is 13.2. The standard InChI is InChI=1S/C19H20BrCl2N5O/c1-10-16(20)9-27(24-10)13(4)19(28)23-18-11(2)25-26(12(18)3)8-14-5-6-15(21)7-17(14)22/h5-7,9,13H,8H2,1-4H3,(H,23,28). The molecule has 3 rings (SSSR count). The minimum atomic E-state index is -0.460. The SMILES string of the molecule is Cc1nn(C(C)C(=O)Nc2c(C)nn(Cc3ccc(Cl)cc3Cl)c2C)cc1Br. The molecule has 1 unspecified atom stereocenters. The first kappa shape index (κ1) is 20.9. The summed E-state index contributed by atoms with van der Waals surface area (Å²) in [6, 6.07) is 4.92. The Kier molecular flexibility index (Phi) is 6.17. The van der Waals surface area contributed by atoms with Gasteiger partial charge in [-0.05, 0) is 61.3 Å². The van der Waals surface area contributed by atoms with Crippen LogP contribution >= 0.6 is 39.1 Å². The Bertz CT molecular complexity index is 1020. The third-order valence-electron chi connectivity index (χ3n) is 4.60. The van der Waals surface area contributed by atoms with Gasteiger partial charge in [-0.1, -0.05) is 29.3 Å². The van der Waals surface area contributed by atoms with Gasteiger partial charge in [-0.3, -0.25) is 14.2 Å². The van der Waals surface area contributed by atoms with Crippen molar-refractivity contribution in [1.82, 2.24) is 19.6 Å². The van der Waals surface area contributed by atoms with Crippen molar-refractivity contribution in [3.63, 3.8) is 0 Å². The molecule has 0 aliphatic rings. The zero-order valence-corrected chi connectivity index (χ0v) is 19.0. The van der Waals surface area contributed by atoms with Gasteiger partial charge in [0.15, 0.2) is 0 Å². The van der Waals surface area contributed by atoms with E-state index in [9.17, 15) is 4.79 Å². The maximum Gasteiger partial charge on any atom is 0.249 e. The van der Waals surface area contributed by atoms with E-state index in [1.807, 2.05) is 31.5 Å². The average molecular weight is 485 g/mol. The first-order valence-electron chi connectivity index (χ1n) is 8.67. The van der Waals surface area contributed by atoms with E-state index >= 15 is 0 Å². The van der Waals surface area contributed by atoms with E-state index in [4.69, 9.17) is 23.2 Å². The number of benzene rings is 1. The van der Waals surface area contributed by atoms with Crippen molar-refractivity contribution in [2.24, 2.45) is 0 Å². The van der Waals surface area contributed by atoms with Crippen LogP contribution in [0, 0.1) is 20.8 Å². The number of halogens is 3. The fourth-order valence-electron chi connectivity index (χ4n) is 2.85. The number of nitrogens with one attached hydrogen (secondary N) is 1. The topological polar surface area (TPSA) is 64.7 Å². The van der Waals surface area contributed by atoms with Crippen LogP contribution in [0.3, 0.4) is 0 Å². The molecule has 1 atom stereocenters. The second-order valence-corrected chi connectivity index (χ2v) is 8.34. The number of aryl methyl sites for hydroxylation is 2. The van der Waals surface area contributed by atoms with Gasteiger partial charge < -0.3 is 5.32 Å². The minimum absolute atomic E-state index is 0.162. The molecule has 148 valence electrons. The molecule has 3 aromatic rings. The number of carbonyl (C=O) groups excluding carboxylic acids is 1. The van der Waals surface area contributed by atoms with E-state index in [0.717, 1.165) is 27.1 Å². The summed E-state index contributed by atoms with van der Waals surface area (Å²) in [5, 5.41) is 13.1. The van der Waals surface area contributed by atoms with E-state index in [1.54, 1.807) is 29.9 Å². The number of aromatic nitrogens is 4. The Morgan fingerprint density at radius 2 is 1.93 bits per heavy atom. The number of nitrogens with zero attached hydrogens (tertiary/aromatic N) is 4. The van der Waals surface area contributed by atoms with Gasteiger partial charge in [0.05, 0.1) is 33.8 Å². The molecule has 1 aromatic carbocycles. The summed E-state index contributed by atoms with van der Waals surface area (Å²) >= 11 is 15.7. The summed E-state index contributed by atoms with van der Waals surface area (Å²) in [7, 11) is 0. The van der Waals surface area contributed by atoms with Crippen molar-refractivity contribution in [3.05, 3.63) is 61.6 Å². The molecule has 9 heteroatoms. The molecular weight excluding hydrogens is 465 g/mol. The van der Waals surface area contributed by atoms with Gasteiger partial charge in [0.1, 0.15) is 6.04 Å². The van der Waals surface area contributed by atoms with Crippen LogP contribution in [0.25, 0.3) is 0 Å². The van der Waals surface area contributed by atoms with Gasteiger partial charge in [0, 0.05) is 16.2 Å². The third kappa shape index (κ3) is 4.26. The number of hydrogen-bond donors (Lipinski definition) is 1. The lowest BCUT2D eigenvalue weighted by atomic mass is 10.2. The fourth-order valence-corrected chi connectivity index (χ4v) is 3.61. The highest BCUT2D eigenvalue weighted by atomic mass is 79.9. The summed E-state index contributed by atoms with van der Waals surface area (Å²) in [4.78, 5) is 12.7. The van der Waals surface area contributed by atoms with Crippen molar-refractivity contribution < 1.29 is 4.79 Å². The number of anilines is 1. The molecule has 2 heterocycles. The van der Waals surface area contributed by atoms with Crippen molar-refractivity contribution in [2.75, 3.05) is 5.32 Å². The monoisotopic (exact) mass is 483 g/mol. The van der Waals surface area contributed by atoms with E-state index in [0.29, 0.717) is 22.3 Å². The van der Waals surface area contributed by atoms with Gasteiger partial charge in [-0.15, -0.1) is 0 Å². The van der Waals surface area contributed by atoms with E-state index in [1.165, 1.54) is 0 Å². The zero-order valence-electron chi connectivity index (χ0n) is 15.9. The van der Waals surface area contributed by atoms with Gasteiger partial charge in [0.2, 0.25) is 5.91 Å². The summed E-state index contributed by atoms with van der Waals surface area (Å²) in [6.07, 6.45) is 1.80. The quantitative estimate of drug-likeness (QED) is 0.532. The average Bonchev–Trinajstić information content (AvgIpc) is 3.10. The lowest BCUT2D eigenvalue weighted by Crippen LogP contribution is -2.24. The highest BCUT2D eigenvalue weighted by molar-refractivity contribution is 9.10. The molecular formula is C19H20BrCl2N5O. The Morgan fingerprint density at radius 3 is 2.54 bits per heavy atom. The molecule has 0 bridgehead atoms. The lowest BCUT2D eigenvalue weighted by Gasteiger charge is -2.13. The molecule has 1 N–H and O–H groups in total. The molecule has 0 fully saturated rings. The summed E-state index contributed by atoms with van der Waals surface area (Å²) in [5.74, 6) is -0.162. The summed E-state index contributed by atoms with van der Waals surface area (Å²) in [6.45, 7) is 7.95. The van der Waals surface area contributed by atoms with Crippen molar-refractivity contribution >= 4 is 50.7 Å². The summed E-state index contributed by atoms with van der Waals surface area (Å²) < 4.78 is 4.32. The lowest BCUT2D eigenvalue weighted by molar-refractivity contribution is -0.119. The highest BCUT2D eigenvalue weighted by Gasteiger charge is 2.21. The second-order valence-electron chi connectivity index (χ2n) is 6.65. The van der Waals surface area contributed by atoms with Crippen LogP contribution in [0.2, 0.25) is 10.0 Å². The summed E-state index contributed by atoms with van der Waals surface area (Å²) in [5.41, 5.74) is 4.02. The Balaban J connectivity index is 1.80. The van der Waals surface area contributed by atoms with Gasteiger partial charge >= 0.3 is 0 Å². The van der Waals surface area contributed by atoms with E-state index in [2.05, 4.69) is 31.4 Å². The van der Waals surface area contributed by atoms with Crippen LogP contribution in [0.15, 0.2) is 28.9 Å². The van der Waals surface area contributed by atoms with Crippen LogP contribution in [0.1, 0.15) is 35.6 Å². The predicted molar refractivity (Wildman–Crippen MR) is 115 cm³/mol. The second kappa shape index (κ2) is 8.27. The van der Waals surface area contributed by atoms with Crippen molar-refractivity contribution in [2.45, 2.75) is 40.3 Å². The number of hydrogen-bond acceptors (Lipinski definition) is 3. The Morgan fingerprint density at radius 1 is 1.21 bits per heavy atom. The smallest absolute Gasteiger partial charge is 0.249 e. The van der Waals surface area contributed by atoms with Crippen LogP contribution in [-0.4, -0.2) is 25.5 Å². The van der Waals surface area contributed by atoms with Crippen LogP contribution in [-0.2, 0) is 11.3 Å². The normalized spacial score (nSPS) is 12.2. The molecule has 0 aliphatic heterocycles. The van der Waals surface area contributed by atoms with Crippen LogP contribution in [0.5, 0.6) is 0 Å². The number of carbonyl (C=O) groups is 1. The largest absolute Gasteiger partial charge is 0.321 e. The van der Waals surface area contributed by atoms with E-state index < -0.39 is 6.04 Å². The Labute approximate surface area is 182 Å². The molecule has 0 spiro atoms. The molecule has 0 aliphatic carbocycles. The molecule has 0 radical (unpaired) electrons. The molecule has 1 amide bonds. The molecule has 6 nitrogen and oxygen atoms in total. The predicted octanol–water partition coefficient (Wildman–Crippen LogP) is 5.32. The zero-order chi connectivity index (χ0) is 20.6. The van der Waals surface area contributed by atoms with Crippen molar-refractivity contribution in [3.8, 4) is 0 Å². The van der Waals surface area contributed by atoms with Gasteiger partial charge in [-0.2, -0.15) is 10.2 Å². The molecule has 2 aromatic heterocycles. The molecule has 28 heavy (non-hydrogen) atoms.